The Balaban J connectivity index is 0.00000338. The molecule has 0 radical (unpaired) electrons. The van der Waals surface area contributed by atoms with Crippen LogP contribution in [0, 0.1) is 0 Å². The maximum Gasteiger partial charge on any atom is 0.218 e. The van der Waals surface area contributed by atoms with E-state index in [9.17, 15) is 0 Å². The van der Waals surface area contributed by atoms with Crippen molar-refractivity contribution in [1.29, 1.82) is 0 Å². The van der Waals surface area contributed by atoms with Gasteiger partial charge >= 0.3 is 0 Å². The average Bonchev–Trinajstić information content (AvgIpc) is 3.15. The number of pyridine rings is 1. The Morgan fingerprint density at radius 3 is 2.85 bits per heavy atom. The van der Waals surface area contributed by atoms with Crippen LogP contribution in [0.15, 0.2) is 40.8 Å². The molecule has 1 N–H and O–H groups in total. The summed E-state index contributed by atoms with van der Waals surface area (Å²) in [7, 11) is 5.49. The largest absolute Gasteiger partial charge is 0.475 e. The molecule has 8 heteroatoms. The van der Waals surface area contributed by atoms with E-state index in [1.807, 2.05) is 19.2 Å². The Labute approximate surface area is 176 Å². The van der Waals surface area contributed by atoms with Gasteiger partial charge in [-0.2, -0.15) is 0 Å². The molecule has 0 amide bonds. The van der Waals surface area contributed by atoms with E-state index < -0.39 is 0 Å². The van der Waals surface area contributed by atoms with E-state index in [1.54, 1.807) is 31.7 Å². The Hall–Kier alpha value is -1.39. The lowest BCUT2D eigenvalue weighted by atomic mass is 10.2. The number of hydrogen-bond acceptors (Lipinski definition) is 5. The van der Waals surface area contributed by atoms with Crippen molar-refractivity contribution in [3.05, 3.63) is 46.3 Å². The van der Waals surface area contributed by atoms with Crippen molar-refractivity contribution < 1.29 is 9.47 Å². The highest BCUT2D eigenvalue weighted by Gasteiger charge is 2.09. The van der Waals surface area contributed by atoms with Crippen molar-refractivity contribution >= 4 is 41.3 Å². The monoisotopic (exact) mass is 490 g/mol. The molecule has 2 aromatic heterocycles. The predicted molar refractivity (Wildman–Crippen MR) is 118 cm³/mol. The molecule has 2 aromatic rings. The number of hydrogen-bond donors (Lipinski definition) is 1. The summed E-state index contributed by atoms with van der Waals surface area (Å²) in [5.74, 6) is 1.48. The summed E-state index contributed by atoms with van der Waals surface area (Å²) in [5, 5.41) is 5.48. The molecule has 0 aliphatic carbocycles. The minimum Gasteiger partial charge on any atom is -0.475 e. The summed E-state index contributed by atoms with van der Waals surface area (Å²) >= 11 is 1.78. The average molecular weight is 490 g/mol. The minimum atomic E-state index is 0. The number of nitrogens with one attached hydrogen (secondary N) is 1. The third kappa shape index (κ3) is 7.46. The lowest BCUT2D eigenvalue weighted by molar-refractivity contribution is 0.143. The van der Waals surface area contributed by atoms with E-state index in [4.69, 9.17) is 9.47 Å². The van der Waals surface area contributed by atoms with Gasteiger partial charge in [0, 0.05) is 50.9 Å². The van der Waals surface area contributed by atoms with E-state index in [0.29, 0.717) is 25.6 Å². The third-order valence-corrected chi connectivity index (χ3v) is 4.60. The molecule has 0 bridgehead atoms. The van der Waals surface area contributed by atoms with Crippen molar-refractivity contribution in [3.63, 3.8) is 0 Å². The van der Waals surface area contributed by atoms with E-state index in [1.165, 1.54) is 4.88 Å². The Morgan fingerprint density at radius 2 is 2.15 bits per heavy atom. The number of guanidine groups is 1. The molecule has 0 unspecified atom stereocenters. The summed E-state index contributed by atoms with van der Waals surface area (Å²) in [4.78, 5) is 12.2. The van der Waals surface area contributed by atoms with Gasteiger partial charge in [-0.15, -0.1) is 35.3 Å². The Kier molecular flexibility index (Phi) is 11.2. The lowest BCUT2D eigenvalue weighted by Gasteiger charge is -2.22. The van der Waals surface area contributed by atoms with Crippen LogP contribution in [0.2, 0.25) is 0 Å². The molecule has 0 atom stereocenters. The zero-order chi connectivity index (χ0) is 17.9. The molecule has 0 saturated heterocycles. The molecule has 0 saturated carbocycles. The van der Waals surface area contributed by atoms with Gasteiger partial charge in [-0.3, -0.25) is 4.99 Å². The molecule has 0 aromatic carbocycles. The molecule has 0 spiro atoms. The van der Waals surface area contributed by atoms with Crippen LogP contribution in [0.25, 0.3) is 0 Å². The summed E-state index contributed by atoms with van der Waals surface area (Å²) in [6.07, 6.45) is 2.74. The number of nitrogens with zero attached hydrogens (tertiary/aromatic N) is 3. The summed E-state index contributed by atoms with van der Waals surface area (Å²) in [6.45, 7) is 2.53. The van der Waals surface area contributed by atoms with Gasteiger partial charge in [0.25, 0.3) is 0 Å². The first-order valence-corrected chi connectivity index (χ1v) is 9.12. The highest BCUT2D eigenvalue weighted by atomic mass is 127. The highest BCUT2D eigenvalue weighted by Crippen LogP contribution is 2.14. The number of methoxy groups -OCH3 is 1. The predicted octanol–water partition coefficient (Wildman–Crippen LogP) is 3.04. The zero-order valence-corrected chi connectivity index (χ0v) is 18.6. The molecular weight excluding hydrogens is 463 g/mol. The molecule has 0 aliphatic heterocycles. The highest BCUT2D eigenvalue weighted by molar-refractivity contribution is 14.0. The van der Waals surface area contributed by atoms with E-state index in [-0.39, 0.29) is 24.0 Å². The zero-order valence-electron chi connectivity index (χ0n) is 15.5. The van der Waals surface area contributed by atoms with Crippen LogP contribution in [-0.4, -0.2) is 56.8 Å². The van der Waals surface area contributed by atoms with Crippen LogP contribution in [0.3, 0.4) is 0 Å². The first kappa shape index (κ1) is 22.7. The van der Waals surface area contributed by atoms with Gasteiger partial charge in [0.1, 0.15) is 6.61 Å². The second-order valence-electron chi connectivity index (χ2n) is 5.46. The Bertz CT molecular complexity index is 652. The number of aromatic nitrogens is 1. The summed E-state index contributed by atoms with van der Waals surface area (Å²) in [6, 6.07) is 8.15. The molecule has 6 nitrogen and oxygen atoms in total. The van der Waals surface area contributed by atoms with Crippen molar-refractivity contribution in [1.82, 2.24) is 15.2 Å². The van der Waals surface area contributed by atoms with Crippen molar-refractivity contribution in [2.45, 2.75) is 13.0 Å². The topological polar surface area (TPSA) is 59.0 Å². The molecule has 0 fully saturated rings. The second kappa shape index (κ2) is 12.9. The number of aliphatic imine (C=N–C) groups is 1. The van der Waals surface area contributed by atoms with Gasteiger partial charge in [0.2, 0.25) is 5.88 Å². The van der Waals surface area contributed by atoms with Gasteiger partial charge in [0.15, 0.2) is 5.96 Å². The quantitative estimate of drug-likeness (QED) is 0.254. The fourth-order valence-corrected chi connectivity index (χ4v) is 3.01. The fourth-order valence-electron chi connectivity index (χ4n) is 2.31. The van der Waals surface area contributed by atoms with Crippen LogP contribution in [-0.2, 0) is 17.7 Å². The van der Waals surface area contributed by atoms with E-state index in [2.05, 4.69) is 37.7 Å². The van der Waals surface area contributed by atoms with Crippen LogP contribution in [0.1, 0.15) is 10.4 Å². The van der Waals surface area contributed by atoms with E-state index in [0.717, 1.165) is 24.5 Å². The van der Waals surface area contributed by atoms with Gasteiger partial charge in [-0.1, -0.05) is 12.1 Å². The SMILES string of the molecule is CN=C(NCc1cccnc1OCCOC)N(C)CCc1cccs1.I. The van der Waals surface area contributed by atoms with Crippen LogP contribution in [0.4, 0.5) is 0 Å². The first-order chi connectivity index (χ1) is 12.2. The molecule has 0 aliphatic rings. The van der Waals surface area contributed by atoms with Gasteiger partial charge < -0.3 is 19.7 Å². The number of ether oxygens (including phenoxy) is 2. The number of rotatable bonds is 9. The van der Waals surface area contributed by atoms with Crippen LogP contribution < -0.4 is 10.1 Å². The van der Waals surface area contributed by atoms with Crippen molar-refractivity contribution in [2.24, 2.45) is 4.99 Å². The standard InChI is InChI=1S/C18H26N4O2S.HI/c1-19-18(22(2)10-8-16-7-5-13-25-16)21-14-15-6-4-9-20-17(15)24-12-11-23-3;/h4-7,9,13H,8,10-12,14H2,1-3H3,(H,19,21);1H. The third-order valence-electron chi connectivity index (χ3n) is 3.66. The minimum absolute atomic E-state index is 0. The normalized spacial score (nSPS) is 11.0. The summed E-state index contributed by atoms with van der Waals surface area (Å²) in [5.41, 5.74) is 0.992. The first-order valence-electron chi connectivity index (χ1n) is 8.24. The lowest BCUT2D eigenvalue weighted by Crippen LogP contribution is -2.39. The summed E-state index contributed by atoms with van der Waals surface area (Å²) < 4.78 is 10.7. The van der Waals surface area contributed by atoms with Gasteiger partial charge in [-0.05, 0) is 23.9 Å². The number of halogens is 1. The molecule has 144 valence electrons. The van der Waals surface area contributed by atoms with Gasteiger partial charge in [0.05, 0.1) is 6.61 Å². The van der Waals surface area contributed by atoms with Crippen molar-refractivity contribution in [3.8, 4) is 5.88 Å². The maximum atomic E-state index is 5.67. The second-order valence-corrected chi connectivity index (χ2v) is 6.49. The smallest absolute Gasteiger partial charge is 0.218 e. The molecule has 2 rings (SSSR count). The van der Waals surface area contributed by atoms with Gasteiger partial charge in [-0.25, -0.2) is 4.98 Å². The van der Waals surface area contributed by atoms with Crippen molar-refractivity contribution in [2.75, 3.05) is 41.0 Å². The van der Waals surface area contributed by atoms with E-state index >= 15 is 0 Å². The van der Waals surface area contributed by atoms with Crippen LogP contribution >= 0.6 is 35.3 Å². The number of thiophene rings is 1. The Morgan fingerprint density at radius 1 is 1.31 bits per heavy atom. The fraction of sp³-hybridized carbons (Fsp3) is 0.444. The molecule has 26 heavy (non-hydrogen) atoms. The molecular formula is C18H27IN4O2S. The molecule has 2 heterocycles. The van der Waals surface area contributed by atoms with Crippen LogP contribution in [0.5, 0.6) is 5.88 Å². The number of likely N-dealkylation sites (N-methyl/N-ethyl adjacent to an activating group) is 1. The maximum absolute atomic E-state index is 5.67.